The Labute approximate surface area is 664 Å². The van der Waals surface area contributed by atoms with Crippen molar-refractivity contribution in [1.82, 2.24) is 0 Å². The molecule has 110 heavy (non-hydrogen) atoms. The van der Waals surface area contributed by atoms with Gasteiger partial charge >= 0.3 is 43.0 Å². The lowest BCUT2D eigenvalue weighted by Crippen LogP contribution is -2.13. The lowest BCUT2D eigenvalue weighted by Gasteiger charge is -2.23. The van der Waals surface area contributed by atoms with Gasteiger partial charge in [-0.3, -0.25) is 9.05 Å². The second-order valence-electron chi connectivity index (χ2n) is 26.8. The highest BCUT2D eigenvalue weighted by Gasteiger charge is 2.28. The fraction of sp³-hybridized carbons (Fsp3) is 0.512. The first-order valence-electron chi connectivity index (χ1n) is 39.4. The highest BCUT2D eigenvalue weighted by atomic mass is 31.2. The normalized spacial score (nSPS) is 14.9. The predicted octanol–water partition coefficient (Wildman–Crippen LogP) is 25.5. The smallest absolute Gasteiger partial charge is 0.426 e. The fourth-order valence-electron chi connectivity index (χ4n) is 11.1. The quantitative estimate of drug-likeness (QED) is 0.0260. The second kappa shape index (κ2) is 53.8. The van der Waals surface area contributed by atoms with Crippen molar-refractivity contribution in [2.24, 2.45) is 0 Å². The van der Waals surface area contributed by atoms with Crippen LogP contribution in [0.3, 0.4) is 0 Å². The SMILES string of the molecule is CCC(C)c1ccccc1OP(OCCOCCOP(OCCOCCOP(Oc1ccccc1C(C)CC)Oc1ccccc1C(C)CC)Oc1ccccc1C(C)CC)OCCOCCOP(OCCOCCOP(Oc1ccccc1C(C)CC)Oc1ccccc1C(C)CC)Oc1ccccc1C(C)CC. The van der Waals surface area contributed by atoms with Crippen LogP contribution in [0.25, 0.3) is 0 Å². The highest BCUT2D eigenvalue weighted by molar-refractivity contribution is 7.43. The van der Waals surface area contributed by atoms with E-state index in [1.54, 1.807) is 0 Å². The minimum absolute atomic E-state index is 0.184. The Balaban J connectivity index is 0.881. The zero-order valence-electron chi connectivity index (χ0n) is 67.5. The van der Waals surface area contributed by atoms with E-state index in [-0.39, 0.29) is 123 Å². The summed E-state index contributed by atoms with van der Waals surface area (Å²) in [6, 6.07) is 56.3. The van der Waals surface area contributed by atoms with Crippen LogP contribution >= 0.6 is 43.0 Å². The zero-order valence-corrected chi connectivity index (χ0v) is 71.9. The lowest BCUT2D eigenvalue weighted by atomic mass is 9.98. The molecular formula is C86H123O19P5. The Bertz CT molecular complexity index is 3290. The summed E-state index contributed by atoms with van der Waals surface area (Å²) in [5, 5.41) is 0. The van der Waals surface area contributed by atoms with E-state index < -0.39 is 43.0 Å². The molecule has 0 bridgehead atoms. The van der Waals surface area contributed by atoms with E-state index in [2.05, 4.69) is 139 Å². The first-order chi connectivity index (χ1) is 53.7. The maximum absolute atomic E-state index is 6.56. The molecule has 606 valence electrons. The number of ether oxygens (including phenoxy) is 4. The molecule has 24 heteroatoms. The average molecular weight is 1620 g/mol. The second-order valence-corrected chi connectivity index (χ2v) is 32.4. The van der Waals surface area contributed by atoms with Crippen molar-refractivity contribution in [3.05, 3.63) is 209 Å². The van der Waals surface area contributed by atoms with Crippen LogP contribution in [0.15, 0.2) is 170 Å². The van der Waals surface area contributed by atoms with E-state index in [1.807, 2.05) is 127 Å². The van der Waals surface area contributed by atoms with Gasteiger partial charge in [-0.2, -0.15) is 0 Å². The van der Waals surface area contributed by atoms with Gasteiger partial charge in [0.1, 0.15) is 40.2 Å². The molecule has 0 spiro atoms. The molecule has 0 N–H and O–H groups in total. The Morgan fingerprint density at radius 1 is 0.182 bits per heavy atom. The first kappa shape index (κ1) is 92.0. The van der Waals surface area contributed by atoms with Crippen molar-refractivity contribution >= 4 is 43.0 Å². The molecule has 0 aliphatic rings. The van der Waals surface area contributed by atoms with E-state index >= 15 is 0 Å². The van der Waals surface area contributed by atoms with Gasteiger partial charge in [0, 0.05) is 0 Å². The third-order valence-corrected chi connectivity index (χ3v) is 24.6. The molecule has 0 heterocycles. The van der Waals surface area contributed by atoms with Crippen molar-refractivity contribution in [1.29, 1.82) is 0 Å². The molecule has 0 saturated carbocycles. The molecule has 0 saturated heterocycles. The van der Waals surface area contributed by atoms with Crippen LogP contribution in [0.2, 0.25) is 0 Å². The molecule has 7 rings (SSSR count). The molecule has 0 aromatic heterocycles. The van der Waals surface area contributed by atoms with Crippen LogP contribution < -0.4 is 31.7 Å². The van der Waals surface area contributed by atoms with Crippen LogP contribution in [-0.2, 0) is 55.1 Å². The number of hydrogen-bond acceptors (Lipinski definition) is 19. The van der Waals surface area contributed by atoms with E-state index in [1.165, 1.54) is 0 Å². The number of para-hydroxylation sites is 7. The molecule has 7 aromatic rings. The molecule has 0 aliphatic heterocycles. The van der Waals surface area contributed by atoms with Gasteiger partial charge in [0.25, 0.3) is 0 Å². The van der Waals surface area contributed by atoms with Gasteiger partial charge in [0.2, 0.25) is 0 Å². The van der Waals surface area contributed by atoms with Gasteiger partial charge in [0.15, 0.2) is 0 Å². The predicted molar refractivity (Wildman–Crippen MR) is 446 cm³/mol. The summed E-state index contributed by atoms with van der Waals surface area (Å²) in [6.45, 7) is 34.1. The lowest BCUT2D eigenvalue weighted by molar-refractivity contribution is 0.0478. The summed E-state index contributed by atoms with van der Waals surface area (Å²) in [4.78, 5) is 0. The zero-order chi connectivity index (χ0) is 78.5. The van der Waals surface area contributed by atoms with Crippen molar-refractivity contribution in [3.63, 3.8) is 0 Å². The van der Waals surface area contributed by atoms with Crippen molar-refractivity contribution in [2.45, 2.75) is 183 Å². The average Bonchev–Trinajstić information content (AvgIpc) is 0.910. The van der Waals surface area contributed by atoms with E-state index in [9.17, 15) is 0 Å². The van der Waals surface area contributed by atoms with Gasteiger partial charge in [-0.25, -0.2) is 0 Å². The van der Waals surface area contributed by atoms with E-state index in [0.717, 1.165) is 107 Å². The standard InChI is InChI=1S/C86H123O19P5/c1-15-66(8)73-36-22-29-43-80(73)99-106(91-58-50-87-52-60-93-107(100-81-44-30-23-37-74(81)67(9)16-2)95-62-54-89-56-64-97-109(102-83-46-32-25-39-76(83)69(11)18-4)103-84-47-33-26-40-77(84)70(12)19-5)92-59-51-88-53-61-94-108(101-82-45-31-24-38-75(82)68(10)17-3)96-63-55-90-57-65-98-110(104-85-48-34-27-41-78(85)71(13)20-6)105-86-49-35-28-42-79(86)72(14)21-7/h22-49,66-72H,15-21,50-65H2,1-14H3. The number of hydrogen-bond donors (Lipinski definition) is 0. The molecule has 9 unspecified atom stereocenters. The molecular weight excluding hydrogens is 1490 g/mol. The Morgan fingerprint density at radius 3 is 0.455 bits per heavy atom. The van der Waals surface area contributed by atoms with Crippen molar-refractivity contribution < 1.29 is 86.8 Å². The highest BCUT2D eigenvalue weighted by Crippen LogP contribution is 2.50. The van der Waals surface area contributed by atoms with Crippen LogP contribution in [-0.4, -0.2) is 106 Å². The van der Waals surface area contributed by atoms with Crippen LogP contribution in [0.4, 0.5) is 0 Å². The summed E-state index contributed by atoms with van der Waals surface area (Å²) >= 11 is 0. The topological polar surface area (TPSA) is 175 Å². The van der Waals surface area contributed by atoms with Crippen molar-refractivity contribution in [3.8, 4) is 40.2 Å². The van der Waals surface area contributed by atoms with Crippen LogP contribution in [0.5, 0.6) is 40.2 Å². The molecule has 0 radical (unpaired) electrons. The summed E-state index contributed by atoms with van der Waals surface area (Å²) < 4.78 is 121. The molecule has 9 atom stereocenters. The molecule has 0 aliphatic carbocycles. The molecule has 19 nitrogen and oxygen atoms in total. The van der Waals surface area contributed by atoms with E-state index in [0.29, 0.717) is 40.9 Å². The number of benzene rings is 7. The monoisotopic (exact) mass is 1610 g/mol. The van der Waals surface area contributed by atoms with Gasteiger partial charge in [-0.15, -0.1) is 0 Å². The van der Waals surface area contributed by atoms with Crippen LogP contribution in [0, 0.1) is 0 Å². The summed E-state index contributed by atoms with van der Waals surface area (Å²) in [6.07, 6.45) is 6.67. The minimum atomic E-state index is -1.88. The third kappa shape index (κ3) is 32.2. The molecule has 0 fully saturated rings. The van der Waals surface area contributed by atoms with Crippen molar-refractivity contribution in [2.75, 3.05) is 106 Å². The largest absolute Gasteiger partial charge is 0.463 e. The minimum Gasteiger partial charge on any atom is -0.426 e. The number of rotatable bonds is 60. The third-order valence-electron chi connectivity index (χ3n) is 19.0. The molecule has 7 aromatic carbocycles. The van der Waals surface area contributed by atoms with Gasteiger partial charge in [-0.1, -0.05) is 224 Å². The van der Waals surface area contributed by atoms with E-state index in [4.69, 9.17) is 86.8 Å². The summed E-state index contributed by atoms with van der Waals surface area (Å²) in [5.74, 6) is 7.04. The first-order valence-corrected chi connectivity index (χ1v) is 44.9. The van der Waals surface area contributed by atoms with Gasteiger partial charge in [-0.05, 0) is 168 Å². The maximum Gasteiger partial charge on any atom is 0.463 e. The fourth-order valence-corrected chi connectivity index (χ4v) is 16.0. The Morgan fingerprint density at radius 2 is 0.309 bits per heavy atom. The van der Waals surface area contributed by atoms with Crippen LogP contribution in [0.1, 0.15) is 222 Å². The Kier molecular flexibility index (Phi) is 45.0. The van der Waals surface area contributed by atoms with Gasteiger partial charge in [0.05, 0.1) is 106 Å². The maximum atomic E-state index is 6.56. The summed E-state index contributed by atoms with van der Waals surface area (Å²) in [7, 11) is -9.29. The molecule has 0 amide bonds. The Hall–Kier alpha value is -5.19. The summed E-state index contributed by atoms with van der Waals surface area (Å²) in [5.41, 5.74) is 7.64. The van der Waals surface area contributed by atoms with Gasteiger partial charge < -0.3 is 77.8 Å².